The van der Waals surface area contributed by atoms with Gasteiger partial charge in [-0.1, -0.05) is 0 Å². The Balaban J connectivity index is 1.91. The van der Waals surface area contributed by atoms with E-state index in [2.05, 4.69) is 26.2 Å². The summed E-state index contributed by atoms with van der Waals surface area (Å²) in [5.41, 5.74) is 5.48. The van der Waals surface area contributed by atoms with Crippen molar-refractivity contribution in [1.82, 2.24) is 10.3 Å². The van der Waals surface area contributed by atoms with E-state index < -0.39 is 5.60 Å². The Morgan fingerprint density at radius 3 is 2.57 bits per heavy atom. The van der Waals surface area contributed by atoms with E-state index in [9.17, 15) is 9.90 Å². The molecule has 0 bridgehead atoms. The van der Waals surface area contributed by atoms with Gasteiger partial charge in [0, 0.05) is 12.2 Å². The first-order chi connectivity index (χ1) is 9.77. The third kappa shape index (κ3) is 4.17. The number of aliphatic hydroxyl groups is 1. The first kappa shape index (κ1) is 16.2. The summed E-state index contributed by atoms with van der Waals surface area (Å²) in [7, 11) is 0. The second-order valence-electron chi connectivity index (χ2n) is 6.27. The summed E-state index contributed by atoms with van der Waals surface area (Å²) in [6.45, 7) is 3.71. The van der Waals surface area contributed by atoms with Gasteiger partial charge in [0.2, 0.25) is 0 Å². The van der Waals surface area contributed by atoms with Gasteiger partial charge in [0.15, 0.2) is 0 Å². The van der Waals surface area contributed by atoms with Gasteiger partial charge in [-0.15, -0.1) is 0 Å². The summed E-state index contributed by atoms with van der Waals surface area (Å²) in [4.78, 5) is 16.2. The predicted octanol–water partition coefficient (Wildman–Crippen LogP) is 2.49. The van der Waals surface area contributed by atoms with Gasteiger partial charge in [-0.05, 0) is 67.4 Å². The Labute approximate surface area is 133 Å². The number of carbonyl (C=O) groups excluding carboxylic acids is 1. The van der Waals surface area contributed by atoms with Crippen LogP contribution in [0.2, 0.25) is 0 Å². The Bertz CT molecular complexity index is 520. The molecule has 2 rings (SSSR count). The van der Waals surface area contributed by atoms with Crippen LogP contribution in [0.15, 0.2) is 16.7 Å². The van der Waals surface area contributed by atoms with E-state index in [1.165, 1.54) is 6.20 Å². The molecule has 0 unspecified atom stereocenters. The van der Waals surface area contributed by atoms with Crippen molar-refractivity contribution in [2.75, 3.05) is 5.73 Å². The summed E-state index contributed by atoms with van der Waals surface area (Å²) < 4.78 is 0.626. The summed E-state index contributed by atoms with van der Waals surface area (Å²) in [6, 6.07) is 1.84. The van der Waals surface area contributed by atoms with Crippen molar-refractivity contribution < 1.29 is 9.90 Å². The van der Waals surface area contributed by atoms with Gasteiger partial charge in [-0.3, -0.25) is 4.79 Å². The number of hydrogen-bond donors (Lipinski definition) is 3. The fraction of sp³-hybridized carbons (Fsp3) is 0.600. The fourth-order valence-corrected chi connectivity index (χ4v) is 3.13. The molecule has 1 saturated carbocycles. The zero-order valence-electron chi connectivity index (χ0n) is 12.4. The molecule has 1 heterocycles. The van der Waals surface area contributed by atoms with Gasteiger partial charge >= 0.3 is 0 Å². The van der Waals surface area contributed by atoms with Crippen LogP contribution in [0.25, 0.3) is 0 Å². The Hall–Kier alpha value is -1.14. The van der Waals surface area contributed by atoms with Crippen molar-refractivity contribution in [3.05, 3.63) is 22.3 Å². The largest absolute Gasteiger partial charge is 0.390 e. The maximum atomic E-state index is 12.2. The number of nitrogens with one attached hydrogen (secondary N) is 1. The minimum atomic E-state index is -0.638. The fourth-order valence-electron chi connectivity index (χ4n) is 2.79. The maximum Gasteiger partial charge on any atom is 0.253 e. The van der Waals surface area contributed by atoms with Gasteiger partial charge < -0.3 is 16.2 Å². The molecule has 1 fully saturated rings. The van der Waals surface area contributed by atoms with E-state index >= 15 is 0 Å². The van der Waals surface area contributed by atoms with Gasteiger partial charge in [-0.25, -0.2) is 4.98 Å². The molecule has 1 aliphatic carbocycles. The third-order valence-electron chi connectivity index (χ3n) is 4.19. The maximum absolute atomic E-state index is 12.2. The van der Waals surface area contributed by atoms with E-state index in [0.29, 0.717) is 21.8 Å². The topological polar surface area (TPSA) is 88.2 Å². The zero-order valence-corrected chi connectivity index (χ0v) is 14.0. The molecule has 5 nitrogen and oxygen atoms in total. The van der Waals surface area contributed by atoms with Crippen LogP contribution in [0.3, 0.4) is 0 Å². The van der Waals surface area contributed by atoms with Crippen molar-refractivity contribution in [2.24, 2.45) is 5.92 Å². The zero-order chi connectivity index (χ0) is 15.6. The van der Waals surface area contributed by atoms with E-state index in [-0.39, 0.29) is 11.9 Å². The molecule has 0 aliphatic heterocycles. The first-order valence-electron chi connectivity index (χ1n) is 7.21. The van der Waals surface area contributed by atoms with Gasteiger partial charge in [-0.2, -0.15) is 0 Å². The van der Waals surface area contributed by atoms with Crippen LogP contribution in [0, 0.1) is 5.92 Å². The number of nitrogens with two attached hydrogens (primary N) is 1. The van der Waals surface area contributed by atoms with Crippen LogP contribution >= 0.6 is 15.9 Å². The van der Waals surface area contributed by atoms with Gasteiger partial charge in [0.25, 0.3) is 5.91 Å². The average Bonchev–Trinajstić information content (AvgIpc) is 2.41. The second-order valence-corrected chi connectivity index (χ2v) is 7.12. The standard InChI is InChI=1S/C15H22BrN3O2/c1-15(2,21)10-3-5-11(6-4-10)19-14(20)9-7-12(16)13(17)18-8-9/h7-8,10-11,21H,3-6H2,1-2H3,(H2,17,18)(H,19,20). The minimum absolute atomic E-state index is 0.130. The highest BCUT2D eigenvalue weighted by molar-refractivity contribution is 9.10. The molecule has 1 aromatic heterocycles. The van der Waals surface area contributed by atoms with Crippen LogP contribution < -0.4 is 11.1 Å². The molecule has 1 aromatic rings. The molecule has 0 atom stereocenters. The second kappa shape index (κ2) is 6.32. The summed E-state index contributed by atoms with van der Waals surface area (Å²) in [5, 5.41) is 13.1. The minimum Gasteiger partial charge on any atom is -0.390 e. The number of nitrogens with zero attached hydrogens (tertiary/aromatic N) is 1. The van der Waals surface area contributed by atoms with E-state index in [1.807, 2.05) is 13.8 Å². The molecule has 0 radical (unpaired) electrons. The molecular weight excluding hydrogens is 334 g/mol. The monoisotopic (exact) mass is 355 g/mol. The highest BCUT2D eigenvalue weighted by Crippen LogP contribution is 2.32. The molecule has 21 heavy (non-hydrogen) atoms. The number of nitrogen functional groups attached to an aromatic ring is 1. The van der Waals surface area contributed by atoms with Gasteiger partial charge in [0.1, 0.15) is 5.82 Å². The van der Waals surface area contributed by atoms with Crippen LogP contribution in [-0.4, -0.2) is 27.6 Å². The number of halogens is 1. The number of pyridine rings is 1. The van der Waals surface area contributed by atoms with Crippen molar-refractivity contribution in [3.63, 3.8) is 0 Å². The Kier molecular flexibility index (Phi) is 4.88. The highest BCUT2D eigenvalue weighted by atomic mass is 79.9. The lowest BCUT2D eigenvalue weighted by atomic mass is 9.77. The van der Waals surface area contributed by atoms with Crippen molar-refractivity contribution >= 4 is 27.7 Å². The lowest BCUT2D eigenvalue weighted by Crippen LogP contribution is -2.41. The number of anilines is 1. The summed E-state index contributed by atoms with van der Waals surface area (Å²) >= 11 is 3.27. The van der Waals surface area contributed by atoms with E-state index in [0.717, 1.165) is 25.7 Å². The molecule has 1 amide bonds. The predicted molar refractivity (Wildman–Crippen MR) is 85.9 cm³/mol. The quantitative estimate of drug-likeness (QED) is 0.776. The molecule has 116 valence electrons. The summed E-state index contributed by atoms with van der Waals surface area (Å²) in [6.07, 6.45) is 5.13. The third-order valence-corrected chi connectivity index (χ3v) is 4.83. The van der Waals surface area contributed by atoms with E-state index in [1.54, 1.807) is 6.07 Å². The van der Waals surface area contributed by atoms with Crippen LogP contribution in [0.1, 0.15) is 49.9 Å². The molecule has 0 spiro atoms. The lowest BCUT2D eigenvalue weighted by molar-refractivity contribution is -0.00257. The van der Waals surface area contributed by atoms with Crippen molar-refractivity contribution in [2.45, 2.75) is 51.2 Å². The Morgan fingerprint density at radius 2 is 2.05 bits per heavy atom. The molecule has 6 heteroatoms. The number of carbonyl (C=O) groups is 1. The highest BCUT2D eigenvalue weighted by Gasteiger charge is 2.31. The van der Waals surface area contributed by atoms with Gasteiger partial charge in [0.05, 0.1) is 15.6 Å². The number of rotatable bonds is 3. The normalized spacial score (nSPS) is 22.9. The Morgan fingerprint density at radius 1 is 1.43 bits per heavy atom. The van der Waals surface area contributed by atoms with Crippen LogP contribution in [0.5, 0.6) is 0 Å². The smallest absolute Gasteiger partial charge is 0.253 e. The number of aromatic nitrogens is 1. The van der Waals surface area contributed by atoms with Crippen molar-refractivity contribution in [3.8, 4) is 0 Å². The SMILES string of the molecule is CC(C)(O)C1CCC(NC(=O)c2cnc(N)c(Br)c2)CC1. The molecule has 1 aliphatic rings. The number of amides is 1. The lowest BCUT2D eigenvalue weighted by Gasteiger charge is -2.36. The average molecular weight is 356 g/mol. The van der Waals surface area contributed by atoms with E-state index in [4.69, 9.17) is 5.73 Å². The summed E-state index contributed by atoms with van der Waals surface area (Å²) in [5.74, 6) is 0.546. The van der Waals surface area contributed by atoms with Crippen molar-refractivity contribution in [1.29, 1.82) is 0 Å². The molecule has 0 aromatic carbocycles. The first-order valence-corrected chi connectivity index (χ1v) is 8.01. The molecular formula is C15H22BrN3O2. The molecule has 4 N–H and O–H groups in total. The van der Waals surface area contributed by atoms with Crippen LogP contribution in [-0.2, 0) is 0 Å². The van der Waals surface area contributed by atoms with Crippen LogP contribution in [0.4, 0.5) is 5.82 Å². The molecule has 0 saturated heterocycles. The number of hydrogen-bond acceptors (Lipinski definition) is 4.